The summed E-state index contributed by atoms with van der Waals surface area (Å²) in [5.74, 6) is 0.459. The Balaban J connectivity index is 1.71. The molecule has 1 aliphatic heterocycles. The lowest BCUT2D eigenvalue weighted by Gasteiger charge is -2.26. The van der Waals surface area contributed by atoms with Gasteiger partial charge in [-0.2, -0.15) is 0 Å². The summed E-state index contributed by atoms with van der Waals surface area (Å²) in [6, 6.07) is 5.62. The molecule has 120 valence electrons. The van der Waals surface area contributed by atoms with Crippen LogP contribution in [0.25, 0.3) is 0 Å². The van der Waals surface area contributed by atoms with E-state index in [1.54, 1.807) is 12.4 Å². The van der Waals surface area contributed by atoms with E-state index >= 15 is 0 Å². The van der Waals surface area contributed by atoms with Crippen molar-refractivity contribution in [1.82, 2.24) is 14.9 Å². The third-order valence-electron chi connectivity index (χ3n) is 4.06. The Morgan fingerprint density at radius 2 is 1.87 bits per heavy atom. The minimum Gasteiger partial charge on any atom is -0.339 e. The minimum atomic E-state index is 0.00943. The molecule has 23 heavy (non-hydrogen) atoms. The van der Waals surface area contributed by atoms with Crippen LogP contribution in [0.1, 0.15) is 35.2 Å². The molecule has 0 spiro atoms. The molecule has 0 aliphatic carbocycles. The first kappa shape index (κ1) is 15.7. The molecule has 1 N–H and O–H groups in total. The topological polar surface area (TPSA) is 58.1 Å². The first-order valence-electron chi connectivity index (χ1n) is 7.78. The molecule has 3 rings (SSSR count). The summed E-state index contributed by atoms with van der Waals surface area (Å²) in [7, 11) is 0. The van der Waals surface area contributed by atoms with Gasteiger partial charge in [0.25, 0.3) is 5.91 Å². The van der Waals surface area contributed by atoms with Crippen molar-refractivity contribution in [3.63, 3.8) is 0 Å². The summed E-state index contributed by atoms with van der Waals surface area (Å²) >= 11 is 6.10. The lowest BCUT2D eigenvalue weighted by molar-refractivity contribution is 0.0723. The van der Waals surface area contributed by atoms with E-state index in [1.165, 1.54) is 6.42 Å². The number of nitrogens with zero attached hydrogens (tertiary/aromatic N) is 3. The van der Waals surface area contributed by atoms with Gasteiger partial charge < -0.3 is 10.2 Å². The second-order valence-corrected chi connectivity index (χ2v) is 6.09. The molecule has 1 aromatic carbocycles. The number of rotatable bonds is 3. The Kier molecular flexibility index (Phi) is 4.76. The van der Waals surface area contributed by atoms with Crippen LogP contribution < -0.4 is 5.32 Å². The molecule has 1 aromatic heterocycles. The summed E-state index contributed by atoms with van der Waals surface area (Å²) in [6.07, 6.45) is 6.49. The van der Waals surface area contributed by atoms with Crippen LogP contribution in [-0.4, -0.2) is 33.9 Å². The van der Waals surface area contributed by atoms with E-state index in [-0.39, 0.29) is 5.91 Å². The number of carbonyl (C=O) groups is 1. The minimum absolute atomic E-state index is 0.00943. The summed E-state index contributed by atoms with van der Waals surface area (Å²) in [4.78, 5) is 22.7. The number of hydrogen-bond donors (Lipinski definition) is 1. The number of halogens is 1. The van der Waals surface area contributed by atoms with Crippen LogP contribution in [0.3, 0.4) is 0 Å². The Morgan fingerprint density at radius 1 is 1.17 bits per heavy atom. The van der Waals surface area contributed by atoms with Crippen LogP contribution in [0.4, 0.5) is 11.6 Å². The van der Waals surface area contributed by atoms with E-state index in [9.17, 15) is 4.79 Å². The highest BCUT2D eigenvalue weighted by Gasteiger charge is 2.18. The van der Waals surface area contributed by atoms with Crippen molar-refractivity contribution in [1.29, 1.82) is 0 Å². The number of amides is 1. The second-order valence-electron chi connectivity index (χ2n) is 5.69. The fourth-order valence-corrected chi connectivity index (χ4v) is 2.82. The molecule has 0 saturated carbocycles. The van der Waals surface area contributed by atoms with E-state index in [0.717, 1.165) is 37.2 Å². The molecular weight excluding hydrogens is 312 g/mol. The maximum Gasteiger partial charge on any atom is 0.256 e. The lowest BCUT2D eigenvalue weighted by atomic mass is 10.1. The largest absolute Gasteiger partial charge is 0.339 e. The Bertz CT molecular complexity index is 696. The van der Waals surface area contributed by atoms with Crippen molar-refractivity contribution >= 4 is 29.1 Å². The predicted molar refractivity (Wildman–Crippen MR) is 91.3 cm³/mol. The molecule has 6 heteroatoms. The second kappa shape index (κ2) is 6.96. The smallest absolute Gasteiger partial charge is 0.256 e. The third kappa shape index (κ3) is 3.62. The zero-order chi connectivity index (χ0) is 16.2. The van der Waals surface area contributed by atoms with Gasteiger partial charge in [-0.25, -0.2) is 9.97 Å². The van der Waals surface area contributed by atoms with E-state index in [1.807, 2.05) is 30.0 Å². The molecule has 1 aliphatic rings. The first-order chi connectivity index (χ1) is 11.1. The van der Waals surface area contributed by atoms with Gasteiger partial charge in [-0.05, 0) is 43.9 Å². The summed E-state index contributed by atoms with van der Waals surface area (Å²) in [5, 5.41) is 3.81. The summed E-state index contributed by atoms with van der Waals surface area (Å²) < 4.78 is 0. The first-order valence-corrected chi connectivity index (χ1v) is 8.16. The van der Waals surface area contributed by atoms with E-state index in [4.69, 9.17) is 11.6 Å². The van der Waals surface area contributed by atoms with Gasteiger partial charge in [0, 0.05) is 36.2 Å². The molecule has 2 heterocycles. The average Bonchev–Trinajstić information content (AvgIpc) is 2.60. The van der Waals surface area contributed by atoms with Gasteiger partial charge in [-0.1, -0.05) is 17.7 Å². The molecule has 5 nitrogen and oxygen atoms in total. The Hall–Kier alpha value is -2.14. The van der Waals surface area contributed by atoms with Crippen molar-refractivity contribution in [3.8, 4) is 0 Å². The zero-order valence-corrected chi connectivity index (χ0v) is 13.8. The number of nitrogens with one attached hydrogen (secondary N) is 1. The quantitative estimate of drug-likeness (QED) is 0.929. The van der Waals surface area contributed by atoms with Crippen molar-refractivity contribution < 1.29 is 4.79 Å². The van der Waals surface area contributed by atoms with Crippen LogP contribution >= 0.6 is 11.6 Å². The van der Waals surface area contributed by atoms with E-state index < -0.39 is 0 Å². The van der Waals surface area contributed by atoms with Crippen LogP contribution in [0.2, 0.25) is 5.02 Å². The molecule has 1 amide bonds. The fraction of sp³-hybridized carbons (Fsp3) is 0.353. The summed E-state index contributed by atoms with van der Waals surface area (Å²) in [6.45, 7) is 3.57. The van der Waals surface area contributed by atoms with Crippen LogP contribution in [0.5, 0.6) is 0 Å². The molecule has 2 aromatic rings. The molecule has 0 radical (unpaired) electrons. The number of piperidine rings is 1. The van der Waals surface area contributed by atoms with Gasteiger partial charge >= 0.3 is 0 Å². The number of aromatic nitrogens is 2. The highest BCUT2D eigenvalue weighted by molar-refractivity contribution is 6.31. The van der Waals surface area contributed by atoms with Gasteiger partial charge in [0.05, 0.1) is 5.56 Å². The van der Waals surface area contributed by atoms with Gasteiger partial charge in [0.15, 0.2) is 0 Å². The molecule has 0 bridgehead atoms. The van der Waals surface area contributed by atoms with Gasteiger partial charge in [0.2, 0.25) is 5.95 Å². The van der Waals surface area contributed by atoms with Crippen LogP contribution in [0.15, 0.2) is 30.6 Å². The van der Waals surface area contributed by atoms with Crippen molar-refractivity contribution in [3.05, 3.63) is 46.7 Å². The molecule has 1 fully saturated rings. The number of carbonyl (C=O) groups excluding carboxylic acids is 1. The van der Waals surface area contributed by atoms with E-state index in [2.05, 4.69) is 15.3 Å². The van der Waals surface area contributed by atoms with Gasteiger partial charge in [0.1, 0.15) is 0 Å². The van der Waals surface area contributed by atoms with Crippen molar-refractivity contribution in [2.45, 2.75) is 26.2 Å². The number of benzene rings is 1. The third-order valence-corrected chi connectivity index (χ3v) is 4.47. The van der Waals surface area contributed by atoms with Crippen LogP contribution in [0, 0.1) is 6.92 Å². The number of hydrogen-bond acceptors (Lipinski definition) is 4. The van der Waals surface area contributed by atoms with E-state index in [0.29, 0.717) is 16.5 Å². The van der Waals surface area contributed by atoms with Crippen molar-refractivity contribution in [2.24, 2.45) is 0 Å². The summed E-state index contributed by atoms with van der Waals surface area (Å²) in [5.41, 5.74) is 2.32. The monoisotopic (exact) mass is 330 g/mol. The average molecular weight is 331 g/mol. The van der Waals surface area contributed by atoms with Crippen molar-refractivity contribution in [2.75, 3.05) is 18.4 Å². The highest BCUT2D eigenvalue weighted by atomic mass is 35.5. The van der Waals surface area contributed by atoms with Crippen LogP contribution in [-0.2, 0) is 0 Å². The highest BCUT2D eigenvalue weighted by Crippen LogP contribution is 2.24. The predicted octanol–water partition coefficient (Wildman–Crippen LogP) is 3.81. The Morgan fingerprint density at radius 3 is 2.57 bits per heavy atom. The number of likely N-dealkylation sites (tertiary alicyclic amines) is 1. The molecule has 0 atom stereocenters. The Labute approximate surface area is 140 Å². The maximum atomic E-state index is 12.4. The SMILES string of the molecule is Cc1c(Cl)cccc1Nc1ncc(C(=O)N2CCCCC2)cn1. The number of anilines is 2. The van der Waals surface area contributed by atoms with Gasteiger partial charge in [-0.3, -0.25) is 4.79 Å². The molecule has 1 saturated heterocycles. The maximum absolute atomic E-state index is 12.4. The fourth-order valence-electron chi connectivity index (χ4n) is 2.65. The molecular formula is C17H19ClN4O. The molecule has 0 unspecified atom stereocenters. The zero-order valence-electron chi connectivity index (χ0n) is 13.1. The standard InChI is InChI=1S/C17H19ClN4O/c1-12-14(18)6-5-7-15(12)21-17-19-10-13(11-20-17)16(23)22-8-3-2-4-9-22/h5-7,10-11H,2-4,8-9H2,1H3,(H,19,20,21). The lowest BCUT2D eigenvalue weighted by Crippen LogP contribution is -2.35. The van der Waals surface area contributed by atoms with Gasteiger partial charge in [-0.15, -0.1) is 0 Å². The normalized spacial score (nSPS) is 14.6.